The van der Waals surface area contributed by atoms with Crippen LogP contribution in [-0.2, 0) is 0 Å². The second-order valence-electron chi connectivity index (χ2n) is 3.49. The van der Waals surface area contributed by atoms with Crippen molar-refractivity contribution >= 4 is 0 Å². The van der Waals surface area contributed by atoms with Gasteiger partial charge in [0.25, 0.3) is 0 Å². The summed E-state index contributed by atoms with van der Waals surface area (Å²) >= 11 is 0. The zero-order chi connectivity index (χ0) is 9.97. The molecule has 0 fully saturated rings. The van der Waals surface area contributed by atoms with Crippen molar-refractivity contribution in [3.05, 3.63) is 23.8 Å². The molecule has 3 nitrogen and oxygen atoms in total. The van der Waals surface area contributed by atoms with E-state index in [1.807, 2.05) is 25.1 Å². The third-order valence-corrected chi connectivity index (χ3v) is 2.41. The van der Waals surface area contributed by atoms with Gasteiger partial charge in [0.15, 0.2) is 11.5 Å². The summed E-state index contributed by atoms with van der Waals surface area (Å²) in [6.45, 7) is 3.34. The van der Waals surface area contributed by atoms with E-state index >= 15 is 0 Å². The first-order valence-electron chi connectivity index (χ1n) is 4.81. The molecule has 0 bridgehead atoms. The van der Waals surface area contributed by atoms with E-state index in [-0.39, 0.29) is 12.5 Å². The fourth-order valence-electron chi connectivity index (χ4n) is 1.47. The van der Waals surface area contributed by atoms with Gasteiger partial charge in [0, 0.05) is 12.5 Å². The Bertz CT molecular complexity index is 322. The van der Waals surface area contributed by atoms with E-state index in [0.29, 0.717) is 13.2 Å². The third kappa shape index (κ3) is 1.68. The normalized spacial score (nSPS) is 16.4. The van der Waals surface area contributed by atoms with Gasteiger partial charge in [-0.3, -0.25) is 0 Å². The molecule has 1 aromatic rings. The van der Waals surface area contributed by atoms with Crippen LogP contribution >= 0.6 is 0 Å². The standard InChI is InChI=1S/C11H14O3/c1-8(7-12)9-2-3-10-11(6-9)14-5-4-13-10/h2-3,6,8,12H,4-5,7H2,1H3/t8-/m1/s1. The molecule has 0 unspecified atom stereocenters. The molecule has 2 rings (SSSR count). The Morgan fingerprint density at radius 1 is 1.29 bits per heavy atom. The predicted octanol–water partition coefficient (Wildman–Crippen LogP) is 1.55. The average Bonchev–Trinajstić information content (AvgIpc) is 2.27. The number of fused-ring (bicyclic) bond motifs is 1. The Hall–Kier alpha value is -1.22. The molecule has 1 aliphatic heterocycles. The molecule has 1 N–H and O–H groups in total. The van der Waals surface area contributed by atoms with Crippen LogP contribution in [0.4, 0.5) is 0 Å². The van der Waals surface area contributed by atoms with Gasteiger partial charge in [-0.1, -0.05) is 13.0 Å². The number of hydrogen-bond donors (Lipinski definition) is 1. The van der Waals surface area contributed by atoms with Crippen LogP contribution in [0, 0.1) is 0 Å². The van der Waals surface area contributed by atoms with Crippen LogP contribution in [0.5, 0.6) is 11.5 Å². The first-order valence-corrected chi connectivity index (χ1v) is 4.81. The van der Waals surface area contributed by atoms with Gasteiger partial charge in [-0.05, 0) is 17.7 Å². The van der Waals surface area contributed by atoms with Crippen LogP contribution < -0.4 is 9.47 Å². The van der Waals surface area contributed by atoms with Gasteiger partial charge in [0.2, 0.25) is 0 Å². The molecular weight excluding hydrogens is 180 g/mol. The number of aliphatic hydroxyl groups is 1. The summed E-state index contributed by atoms with van der Waals surface area (Å²) in [7, 11) is 0. The summed E-state index contributed by atoms with van der Waals surface area (Å²) in [5.74, 6) is 1.73. The van der Waals surface area contributed by atoms with Crippen molar-refractivity contribution in [1.29, 1.82) is 0 Å². The fraction of sp³-hybridized carbons (Fsp3) is 0.455. The Kier molecular flexibility index (Phi) is 2.59. The van der Waals surface area contributed by atoms with Crippen molar-refractivity contribution in [2.75, 3.05) is 19.8 Å². The Morgan fingerprint density at radius 2 is 2.00 bits per heavy atom. The molecule has 0 amide bonds. The molecule has 0 spiro atoms. The lowest BCUT2D eigenvalue weighted by Crippen LogP contribution is -2.15. The number of aliphatic hydroxyl groups excluding tert-OH is 1. The maximum Gasteiger partial charge on any atom is 0.161 e. The van der Waals surface area contributed by atoms with Crippen molar-refractivity contribution in [2.24, 2.45) is 0 Å². The van der Waals surface area contributed by atoms with Crippen molar-refractivity contribution in [3.63, 3.8) is 0 Å². The van der Waals surface area contributed by atoms with Crippen LogP contribution in [0.25, 0.3) is 0 Å². The third-order valence-electron chi connectivity index (χ3n) is 2.41. The maximum atomic E-state index is 9.02. The zero-order valence-electron chi connectivity index (χ0n) is 8.19. The lowest BCUT2D eigenvalue weighted by molar-refractivity contribution is 0.171. The summed E-state index contributed by atoms with van der Waals surface area (Å²) in [6.07, 6.45) is 0. The van der Waals surface area contributed by atoms with Crippen molar-refractivity contribution in [3.8, 4) is 11.5 Å². The second-order valence-corrected chi connectivity index (χ2v) is 3.49. The fourth-order valence-corrected chi connectivity index (χ4v) is 1.47. The summed E-state index contributed by atoms with van der Waals surface area (Å²) in [4.78, 5) is 0. The van der Waals surface area contributed by atoms with Gasteiger partial charge in [-0.25, -0.2) is 0 Å². The summed E-state index contributed by atoms with van der Waals surface area (Å²) in [6, 6.07) is 5.81. The number of rotatable bonds is 2. The molecule has 0 saturated heterocycles. The van der Waals surface area contributed by atoms with E-state index in [1.54, 1.807) is 0 Å². The van der Waals surface area contributed by atoms with Gasteiger partial charge < -0.3 is 14.6 Å². The average molecular weight is 194 g/mol. The quantitative estimate of drug-likeness (QED) is 0.776. The van der Waals surface area contributed by atoms with Crippen molar-refractivity contribution in [1.82, 2.24) is 0 Å². The highest BCUT2D eigenvalue weighted by atomic mass is 16.6. The molecular formula is C11H14O3. The molecule has 0 saturated carbocycles. The lowest BCUT2D eigenvalue weighted by atomic mass is 10.0. The summed E-state index contributed by atoms with van der Waals surface area (Å²) in [5, 5.41) is 9.02. The highest BCUT2D eigenvalue weighted by molar-refractivity contribution is 5.44. The first-order chi connectivity index (χ1) is 6.81. The minimum atomic E-state index is 0.144. The second kappa shape index (κ2) is 3.88. The molecule has 1 atom stereocenters. The smallest absolute Gasteiger partial charge is 0.161 e. The minimum absolute atomic E-state index is 0.144. The molecule has 76 valence electrons. The van der Waals surface area contributed by atoms with Crippen LogP contribution in [0.3, 0.4) is 0 Å². The van der Waals surface area contributed by atoms with Gasteiger partial charge in [-0.15, -0.1) is 0 Å². The van der Waals surface area contributed by atoms with Gasteiger partial charge in [-0.2, -0.15) is 0 Å². The van der Waals surface area contributed by atoms with Gasteiger partial charge >= 0.3 is 0 Å². The van der Waals surface area contributed by atoms with E-state index < -0.39 is 0 Å². The minimum Gasteiger partial charge on any atom is -0.486 e. The summed E-state index contributed by atoms with van der Waals surface area (Å²) in [5.41, 5.74) is 1.08. The largest absolute Gasteiger partial charge is 0.486 e. The number of ether oxygens (including phenoxy) is 2. The van der Waals surface area contributed by atoms with E-state index in [9.17, 15) is 0 Å². The van der Waals surface area contributed by atoms with Crippen LogP contribution in [0.1, 0.15) is 18.4 Å². The molecule has 1 heterocycles. The topological polar surface area (TPSA) is 38.7 Å². The Labute approximate surface area is 83.3 Å². The van der Waals surface area contributed by atoms with E-state index in [0.717, 1.165) is 17.1 Å². The highest BCUT2D eigenvalue weighted by Gasteiger charge is 2.13. The van der Waals surface area contributed by atoms with Crippen molar-refractivity contribution in [2.45, 2.75) is 12.8 Å². The van der Waals surface area contributed by atoms with Crippen LogP contribution in [-0.4, -0.2) is 24.9 Å². The zero-order valence-corrected chi connectivity index (χ0v) is 8.19. The monoisotopic (exact) mass is 194 g/mol. The molecule has 0 radical (unpaired) electrons. The maximum absolute atomic E-state index is 9.02. The number of benzene rings is 1. The molecule has 0 aromatic heterocycles. The first kappa shape index (κ1) is 9.34. The number of hydrogen-bond acceptors (Lipinski definition) is 3. The molecule has 14 heavy (non-hydrogen) atoms. The molecule has 3 heteroatoms. The lowest BCUT2D eigenvalue weighted by Gasteiger charge is -2.20. The molecule has 0 aliphatic carbocycles. The SMILES string of the molecule is C[C@H](CO)c1ccc2c(c1)OCCO2. The molecule has 1 aliphatic rings. The molecule has 1 aromatic carbocycles. The van der Waals surface area contributed by atoms with Gasteiger partial charge in [0.05, 0.1) is 0 Å². The Balaban J connectivity index is 2.29. The van der Waals surface area contributed by atoms with Crippen LogP contribution in [0.2, 0.25) is 0 Å². The van der Waals surface area contributed by atoms with E-state index in [2.05, 4.69) is 0 Å². The summed E-state index contributed by atoms with van der Waals surface area (Å²) < 4.78 is 10.9. The van der Waals surface area contributed by atoms with E-state index in [4.69, 9.17) is 14.6 Å². The highest BCUT2D eigenvalue weighted by Crippen LogP contribution is 2.32. The van der Waals surface area contributed by atoms with Crippen molar-refractivity contribution < 1.29 is 14.6 Å². The predicted molar refractivity (Wildman–Crippen MR) is 52.9 cm³/mol. The van der Waals surface area contributed by atoms with Gasteiger partial charge in [0.1, 0.15) is 13.2 Å². The Morgan fingerprint density at radius 3 is 2.71 bits per heavy atom. The van der Waals surface area contributed by atoms with E-state index in [1.165, 1.54) is 0 Å². The van der Waals surface area contributed by atoms with Crippen LogP contribution in [0.15, 0.2) is 18.2 Å².